The summed E-state index contributed by atoms with van der Waals surface area (Å²) in [5, 5.41) is 3.56. The average Bonchev–Trinajstić information content (AvgIpc) is 2.31. The van der Waals surface area contributed by atoms with Gasteiger partial charge in [-0.1, -0.05) is 31.5 Å². The van der Waals surface area contributed by atoms with E-state index in [9.17, 15) is 0 Å². The predicted octanol–water partition coefficient (Wildman–Crippen LogP) is 2.99. The van der Waals surface area contributed by atoms with Crippen molar-refractivity contribution < 1.29 is 4.74 Å². The Morgan fingerprint density at radius 1 is 1.31 bits per heavy atom. The van der Waals surface area contributed by atoms with Gasteiger partial charge in [0.15, 0.2) is 0 Å². The molecule has 0 aromatic heterocycles. The minimum absolute atomic E-state index is 0.389. The summed E-state index contributed by atoms with van der Waals surface area (Å²) in [6, 6.07) is 10.8. The van der Waals surface area contributed by atoms with Gasteiger partial charge in [0, 0.05) is 6.04 Å². The van der Waals surface area contributed by atoms with E-state index in [4.69, 9.17) is 4.74 Å². The average molecular weight is 219 g/mol. The molecule has 0 aliphatic carbocycles. The Hall–Kier alpha value is -1.02. The van der Waals surface area contributed by atoms with Gasteiger partial charge in [-0.2, -0.15) is 0 Å². The molecule has 1 N–H and O–H groups in total. The number of para-hydroxylation sites is 1. The summed E-state index contributed by atoms with van der Waals surface area (Å²) in [7, 11) is 0. The minimum Gasteiger partial charge on any atom is -0.490 e. The van der Waals surface area contributed by atoms with Crippen LogP contribution in [0.5, 0.6) is 5.75 Å². The van der Waals surface area contributed by atoms with Crippen molar-refractivity contribution in [1.82, 2.24) is 5.32 Å². The first-order valence-electron chi connectivity index (χ1n) is 6.33. The first-order valence-corrected chi connectivity index (χ1v) is 6.33. The second-order valence-electron chi connectivity index (χ2n) is 4.52. The van der Waals surface area contributed by atoms with Gasteiger partial charge in [0.2, 0.25) is 0 Å². The largest absolute Gasteiger partial charge is 0.490 e. The van der Waals surface area contributed by atoms with Crippen LogP contribution in [0.25, 0.3) is 0 Å². The van der Waals surface area contributed by atoms with E-state index in [0.29, 0.717) is 12.1 Å². The van der Waals surface area contributed by atoms with Crippen molar-refractivity contribution in [2.75, 3.05) is 6.54 Å². The van der Waals surface area contributed by atoms with E-state index >= 15 is 0 Å². The van der Waals surface area contributed by atoms with E-state index in [-0.39, 0.29) is 0 Å². The Labute approximate surface area is 98.0 Å². The summed E-state index contributed by atoms with van der Waals surface area (Å²) < 4.78 is 5.99. The molecule has 1 aromatic rings. The van der Waals surface area contributed by atoms with Crippen LogP contribution in [0.4, 0.5) is 0 Å². The fourth-order valence-corrected chi connectivity index (χ4v) is 2.33. The maximum absolute atomic E-state index is 5.99. The summed E-state index contributed by atoms with van der Waals surface area (Å²) in [5.74, 6) is 1.00. The number of benzene rings is 1. The molecule has 1 heterocycles. The summed E-state index contributed by atoms with van der Waals surface area (Å²) in [5.41, 5.74) is 0. The second-order valence-corrected chi connectivity index (χ2v) is 4.52. The van der Waals surface area contributed by atoms with E-state index in [1.165, 1.54) is 12.8 Å². The van der Waals surface area contributed by atoms with Crippen molar-refractivity contribution >= 4 is 0 Å². The molecule has 1 saturated heterocycles. The molecule has 1 aliphatic heterocycles. The third-order valence-electron chi connectivity index (χ3n) is 3.13. The predicted molar refractivity (Wildman–Crippen MR) is 66.8 cm³/mol. The van der Waals surface area contributed by atoms with Crippen LogP contribution >= 0.6 is 0 Å². The molecule has 2 unspecified atom stereocenters. The SMILES string of the molecule is CCCC1CC(Oc2ccccc2)CCN1. The minimum atomic E-state index is 0.389. The van der Waals surface area contributed by atoms with Crippen LogP contribution in [0.2, 0.25) is 0 Å². The smallest absolute Gasteiger partial charge is 0.119 e. The molecule has 1 fully saturated rings. The zero-order valence-electron chi connectivity index (χ0n) is 9.99. The molecule has 1 aromatic carbocycles. The van der Waals surface area contributed by atoms with E-state index < -0.39 is 0 Å². The van der Waals surface area contributed by atoms with Gasteiger partial charge in [0.05, 0.1) is 0 Å². The molecule has 2 nitrogen and oxygen atoms in total. The van der Waals surface area contributed by atoms with E-state index in [1.54, 1.807) is 0 Å². The van der Waals surface area contributed by atoms with Crippen molar-refractivity contribution in [2.45, 2.75) is 44.8 Å². The fraction of sp³-hybridized carbons (Fsp3) is 0.571. The molecule has 16 heavy (non-hydrogen) atoms. The van der Waals surface area contributed by atoms with Gasteiger partial charge in [0.25, 0.3) is 0 Å². The Kier molecular flexibility index (Phi) is 4.23. The van der Waals surface area contributed by atoms with Crippen LogP contribution < -0.4 is 10.1 Å². The maximum Gasteiger partial charge on any atom is 0.119 e. The molecule has 0 radical (unpaired) electrons. The molecule has 0 saturated carbocycles. The lowest BCUT2D eigenvalue weighted by atomic mass is 9.98. The number of piperidine rings is 1. The van der Waals surface area contributed by atoms with Gasteiger partial charge in [-0.25, -0.2) is 0 Å². The maximum atomic E-state index is 5.99. The highest BCUT2D eigenvalue weighted by Crippen LogP contribution is 2.19. The molecular weight excluding hydrogens is 198 g/mol. The van der Waals surface area contributed by atoms with Crippen LogP contribution in [0.15, 0.2) is 30.3 Å². The van der Waals surface area contributed by atoms with E-state index in [0.717, 1.165) is 25.1 Å². The van der Waals surface area contributed by atoms with Crippen LogP contribution in [0.3, 0.4) is 0 Å². The molecule has 0 amide bonds. The van der Waals surface area contributed by atoms with Crippen molar-refractivity contribution in [3.63, 3.8) is 0 Å². The van der Waals surface area contributed by atoms with Crippen molar-refractivity contribution in [1.29, 1.82) is 0 Å². The fourth-order valence-electron chi connectivity index (χ4n) is 2.33. The summed E-state index contributed by atoms with van der Waals surface area (Å²) in [4.78, 5) is 0. The molecule has 2 rings (SSSR count). The van der Waals surface area contributed by atoms with Crippen molar-refractivity contribution in [3.05, 3.63) is 30.3 Å². The Balaban J connectivity index is 1.85. The summed E-state index contributed by atoms with van der Waals surface area (Å²) in [6.07, 6.45) is 5.16. The van der Waals surface area contributed by atoms with Crippen LogP contribution in [0.1, 0.15) is 32.6 Å². The number of rotatable bonds is 4. The first kappa shape index (κ1) is 11.5. The van der Waals surface area contributed by atoms with Gasteiger partial charge < -0.3 is 10.1 Å². The van der Waals surface area contributed by atoms with Crippen LogP contribution in [0, 0.1) is 0 Å². The summed E-state index contributed by atoms with van der Waals surface area (Å²) in [6.45, 7) is 3.32. The topological polar surface area (TPSA) is 21.3 Å². The lowest BCUT2D eigenvalue weighted by Gasteiger charge is -2.30. The number of nitrogens with one attached hydrogen (secondary N) is 1. The highest BCUT2D eigenvalue weighted by atomic mass is 16.5. The number of hydrogen-bond donors (Lipinski definition) is 1. The molecule has 0 spiro atoms. The molecule has 88 valence electrons. The van der Waals surface area contributed by atoms with Gasteiger partial charge in [-0.05, 0) is 37.9 Å². The van der Waals surface area contributed by atoms with Gasteiger partial charge in [-0.15, -0.1) is 0 Å². The molecule has 2 heteroatoms. The molecule has 0 bridgehead atoms. The lowest BCUT2D eigenvalue weighted by molar-refractivity contribution is 0.137. The normalized spacial score (nSPS) is 25.3. The molecule has 2 atom stereocenters. The van der Waals surface area contributed by atoms with Gasteiger partial charge in [-0.3, -0.25) is 0 Å². The van der Waals surface area contributed by atoms with Gasteiger partial charge in [0.1, 0.15) is 11.9 Å². The highest BCUT2D eigenvalue weighted by molar-refractivity contribution is 5.21. The number of ether oxygens (including phenoxy) is 1. The van der Waals surface area contributed by atoms with Crippen molar-refractivity contribution in [3.8, 4) is 5.75 Å². The highest BCUT2D eigenvalue weighted by Gasteiger charge is 2.21. The lowest BCUT2D eigenvalue weighted by Crippen LogP contribution is -2.42. The van der Waals surface area contributed by atoms with E-state index in [2.05, 4.69) is 12.2 Å². The molecular formula is C14H21NO. The third kappa shape index (κ3) is 3.24. The Morgan fingerprint density at radius 3 is 2.88 bits per heavy atom. The standard InChI is InChI=1S/C14H21NO/c1-2-6-12-11-14(9-10-15-12)16-13-7-4-3-5-8-13/h3-5,7-8,12,14-15H,2,6,9-11H2,1H3. The Morgan fingerprint density at radius 2 is 2.12 bits per heavy atom. The van der Waals surface area contributed by atoms with Crippen molar-refractivity contribution in [2.24, 2.45) is 0 Å². The zero-order chi connectivity index (χ0) is 11.2. The zero-order valence-corrected chi connectivity index (χ0v) is 9.99. The number of hydrogen-bond acceptors (Lipinski definition) is 2. The first-order chi connectivity index (χ1) is 7.88. The quantitative estimate of drug-likeness (QED) is 0.840. The second kappa shape index (κ2) is 5.90. The van der Waals surface area contributed by atoms with E-state index in [1.807, 2.05) is 30.3 Å². The van der Waals surface area contributed by atoms with Gasteiger partial charge >= 0.3 is 0 Å². The van der Waals surface area contributed by atoms with Crippen LogP contribution in [-0.4, -0.2) is 18.7 Å². The summed E-state index contributed by atoms with van der Waals surface area (Å²) >= 11 is 0. The third-order valence-corrected chi connectivity index (χ3v) is 3.13. The molecule has 1 aliphatic rings. The Bertz CT molecular complexity index is 297. The van der Waals surface area contributed by atoms with Crippen LogP contribution in [-0.2, 0) is 0 Å². The monoisotopic (exact) mass is 219 g/mol.